The first-order valence-corrected chi connectivity index (χ1v) is 4.85. The number of benzene rings is 1. The SMILES string of the molecule is N#Cc1cc(C(=O)CCl)cc([N+](=O)[O-])c1C=O. The van der Waals surface area contributed by atoms with Gasteiger partial charge in [-0.05, 0) is 6.07 Å². The predicted molar refractivity (Wildman–Crippen MR) is 58.2 cm³/mol. The van der Waals surface area contributed by atoms with E-state index in [1.165, 1.54) is 0 Å². The zero-order valence-corrected chi connectivity index (χ0v) is 9.10. The number of nitriles is 1. The molecule has 0 unspecified atom stereocenters. The van der Waals surface area contributed by atoms with Crippen molar-refractivity contribution < 1.29 is 14.5 Å². The zero-order valence-electron chi connectivity index (χ0n) is 8.34. The fourth-order valence-corrected chi connectivity index (χ4v) is 1.40. The van der Waals surface area contributed by atoms with Crippen molar-refractivity contribution in [2.75, 3.05) is 5.88 Å². The van der Waals surface area contributed by atoms with Gasteiger partial charge in [0.1, 0.15) is 11.6 Å². The van der Waals surface area contributed by atoms with Crippen LogP contribution in [0.4, 0.5) is 5.69 Å². The summed E-state index contributed by atoms with van der Waals surface area (Å²) in [7, 11) is 0. The van der Waals surface area contributed by atoms with E-state index in [0.717, 1.165) is 12.1 Å². The van der Waals surface area contributed by atoms with Gasteiger partial charge >= 0.3 is 0 Å². The summed E-state index contributed by atoms with van der Waals surface area (Å²) in [5, 5.41) is 19.5. The van der Waals surface area contributed by atoms with Crippen molar-refractivity contribution in [1.29, 1.82) is 5.26 Å². The van der Waals surface area contributed by atoms with Gasteiger partial charge < -0.3 is 0 Å². The maximum absolute atomic E-state index is 11.3. The van der Waals surface area contributed by atoms with Crippen molar-refractivity contribution in [2.24, 2.45) is 0 Å². The van der Waals surface area contributed by atoms with Gasteiger partial charge in [0.15, 0.2) is 12.1 Å². The molecule has 0 atom stereocenters. The molecule has 7 heteroatoms. The van der Waals surface area contributed by atoms with E-state index in [1.54, 1.807) is 6.07 Å². The van der Waals surface area contributed by atoms with Gasteiger partial charge in [-0.2, -0.15) is 5.26 Å². The molecular formula is C10H5ClN2O4. The van der Waals surface area contributed by atoms with Gasteiger partial charge in [0, 0.05) is 11.6 Å². The van der Waals surface area contributed by atoms with Gasteiger partial charge in [0.05, 0.1) is 16.4 Å². The van der Waals surface area contributed by atoms with E-state index in [9.17, 15) is 19.7 Å². The Bertz CT molecular complexity index is 548. The number of rotatable bonds is 4. The maximum Gasteiger partial charge on any atom is 0.281 e. The number of nitro benzene ring substituents is 1. The first-order valence-electron chi connectivity index (χ1n) is 4.32. The Kier molecular flexibility index (Phi) is 3.91. The van der Waals surface area contributed by atoms with Gasteiger partial charge in [-0.3, -0.25) is 19.7 Å². The summed E-state index contributed by atoms with van der Waals surface area (Å²) < 4.78 is 0. The van der Waals surface area contributed by atoms with E-state index in [2.05, 4.69) is 0 Å². The van der Waals surface area contributed by atoms with Crippen molar-refractivity contribution in [3.05, 3.63) is 38.9 Å². The summed E-state index contributed by atoms with van der Waals surface area (Å²) in [6.07, 6.45) is 0.214. The van der Waals surface area contributed by atoms with E-state index in [0.29, 0.717) is 0 Å². The Balaban J connectivity index is 3.58. The fraction of sp³-hybridized carbons (Fsp3) is 0.100. The summed E-state index contributed by atoms with van der Waals surface area (Å²) in [4.78, 5) is 31.9. The van der Waals surface area contributed by atoms with Crippen LogP contribution in [0, 0.1) is 21.4 Å². The topological polar surface area (TPSA) is 101 Å². The number of hydrogen-bond acceptors (Lipinski definition) is 5. The third kappa shape index (κ3) is 2.46. The average Bonchev–Trinajstić information content (AvgIpc) is 2.35. The second-order valence-corrected chi connectivity index (χ2v) is 3.27. The second kappa shape index (κ2) is 5.18. The Hall–Kier alpha value is -2.26. The van der Waals surface area contributed by atoms with Crippen LogP contribution in [-0.2, 0) is 0 Å². The van der Waals surface area contributed by atoms with Gasteiger partial charge in [0.25, 0.3) is 5.69 Å². The molecule has 0 aliphatic heterocycles. The number of aldehydes is 1. The lowest BCUT2D eigenvalue weighted by Crippen LogP contribution is -2.05. The molecular weight excluding hydrogens is 248 g/mol. The number of carbonyl (C=O) groups excluding carboxylic acids is 2. The van der Waals surface area contributed by atoms with Crippen LogP contribution in [0.3, 0.4) is 0 Å². The predicted octanol–water partition coefficient (Wildman–Crippen LogP) is 1.70. The van der Waals surface area contributed by atoms with E-state index in [4.69, 9.17) is 16.9 Å². The van der Waals surface area contributed by atoms with Crippen LogP contribution in [0.5, 0.6) is 0 Å². The highest BCUT2D eigenvalue weighted by molar-refractivity contribution is 6.30. The van der Waals surface area contributed by atoms with Gasteiger partial charge in [-0.1, -0.05) is 0 Å². The smallest absolute Gasteiger partial charge is 0.281 e. The first-order chi connectivity index (χ1) is 8.04. The van der Waals surface area contributed by atoms with Crippen molar-refractivity contribution in [1.82, 2.24) is 0 Å². The van der Waals surface area contributed by atoms with Crippen LogP contribution < -0.4 is 0 Å². The van der Waals surface area contributed by atoms with Gasteiger partial charge in [-0.15, -0.1) is 11.6 Å². The van der Waals surface area contributed by atoms with Crippen molar-refractivity contribution in [3.8, 4) is 6.07 Å². The van der Waals surface area contributed by atoms with Crippen molar-refractivity contribution in [3.63, 3.8) is 0 Å². The maximum atomic E-state index is 11.3. The minimum atomic E-state index is -0.824. The quantitative estimate of drug-likeness (QED) is 0.267. The van der Waals surface area contributed by atoms with Crippen molar-refractivity contribution in [2.45, 2.75) is 0 Å². The number of ketones is 1. The number of alkyl halides is 1. The van der Waals surface area contributed by atoms with Crippen LogP contribution in [0.1, 0.15) is 26.3 Å². The molecule has 86 valence electrons. The lowest BCUT2D eigenvalue weighted by atomic mass is 10.0. The highest BCUT2D eigenvalue weighted by Gasteiger charge is 2.21. The van der Waals surface area contributed by atoms with E-state index in [-0.39, 0.29) is 28.9 Å². The summed E-state index contributed by atoms with van der Waals surface area (Å²) in [6.45, 7) is 0. The van der Waals surface area contributed by atoms with Crippen LogP contribution in [0.2, 0.25) is 0 Å². The summed E-state index contributed by atoms with van der Waals surface area (Å²) >= 11 is 5.32. The van der Waals surface area contributed by atoms with E-state index in [1.807, 2.05) is 0 Å². The molecule has 1 aromatic carbocycles. The third-order valence-corrected chi connectivity index (χ3v) is 2.28. The molecule has 0 spiro atoms. The minimum absolute atomic E-state index is 0.0612. The normalized spacial score (nSPS) is 9.41. The lowest BCUT2D eigenvalue weighted by Gasteiger charge is -2.02. The number of nitro groups is 1. The number of nitrogens with zero attached hydrogens (tertiary/aromatic N) is 2. The van der Waals surface area contributed by atoms with E-state index >= 15 is 0 Å². The molecule has 17 heavy (non-hydrogen) atoms. The Morgan fingerprint density at radius 2 is 2.24 bits per heavy atom. The summed E-state index contributed by atoms with van der Waals surface area (Å²) in [6, 6.07) is 3.68. The molecule has 0 aromatic heterocycles. The number of hydrogen-bond donors (Lipinski definition) is 0. The lowest BCUT2D eigenvalue weighted by molar-refractivity contribution is -0.385. The standard InChI is InChI=1S/C10H5ClN2O4/c11-3-10(15)6-1-7(4-12)8(5-14)9(2-6)13(16)17/h1-2,5H,3H2. The first kappa shape index (κ1) is 12.8. The average molecular weight is 253 g/mol. The largest absolute Gasteiger partial charge is 0.298 e. The van der Waals surface area contributed by atoms with Crippen molar-refractivity contribution >= 4 is 29.4 Å². The number of Topliss-reactive ketones (excluding diaryl/α,β-unsaturated/α-hetero) is 1. The Morgan fingerprint density at radius 1 is 1.59 bits per heavy atom. The molecule has 1 aromatic rings. The molecule has 0 heterocycles. The highest BCUT2D eigenvalue weighted by Crippen LogP contribution is 2.23. The molecule has 0 saturated carbocycles. The zero-order chi connectivity index (χ0) is 13.0. The fourth-order valence-electron chi connectivity index (χ4n) is 1.24. The Morgan fingerprint density at radius 3 is 2.65 bits per heavy atom. The van der Waals surface area contributed by atoms with Crippen LogP contribution in [-0.4, -0.2) is 22.9 Å². The molecule has 0 amide bonds. The molecule has 0 aliphatic rings. The van der Waals surface area contributed by atoms with Crippen LogP contribution in [0.25, 0.3) is 0 Å². The molecule has 0 fully saturated rings. The molecule has 0 radical (unpaired) electrons. The van der Waals surface area contributed by atoms with Crippen LogP contribution in [0.15, 0.2) is 12.1 Å². The molecule has 0 bridgehead atoms. The summed E-state index contributed by atoms with van der Waals surface area (Å²) in [5.74, 6) is -0.911. The Labute approximate surface area is 101 Å². The second-order valence-electron chi connectivity index (χ2n) is 3.00. The highest BCUT2D eigenvalue weighted by atomic mass is 35.5. The molecule has 0 saturated heterocycles. The molecule has 0 N–H and O–H groups in total. The third-order valence-electron chi connectivity index (χ3n) is 2.04. The van der Waals surface area contributed by atoms with Crippen LogP contribution >= 0.6 is 11.6 Å². The molecule has 6 nitrogen and oxygen atoms in total. The van der Waals surface area contributed by atoms with Gasteiger partial charge in [0.2, 0.25) is 0 Å². The minimum Gasteiger partial charge on any atom is -0.298 e. The van der Waals surface area contributed by atoms with E-state index < -0.39 is 16.4 Å². The molecule has 1 rings (SSSR count). The number of halogens is 1. The molecule has 0 aliphatic carbocycles. The number of carbonyl (C=O) groups is 2. The summed E-state index contributed by atoms with van der Waals surface area (Å²) in [5.41, 5.74) is -1.20. The van der Waals surface area contributed by atoms with Gasteiger partial charge in [-0.25, -0.2) is 0 Å². The monoisotopic (exact) mass is 252 g/mol.